The van der Waals surface area contributed by atoms with Gasteiger partial charge in [0.25, 0.3) is 0 Å². The molecular formula is C23H16F5NO3. The predicted molar refractivity (Wildman–Crippen MR) is 105 cm³/mol. The number of benzene rings is 3. The van der Waals surface area contributed by atoms with Gasteiger partial charge < -0.3 is 15.6 Å². The third kappa shape index (κ3) is 3.58. The monoisotopic (exact) mass is 449 g/mol. The molecule has 4 nitrogen and oxygen atoms in total. The Hall–Kier alpha value is -3.46. The number of carboxylic acids is 1. The molecule has 0 saturated carbocycles. The van der Waals surface area contributed by atoms with Crippen molar-refractivity contribution in [2.75, 3.05) is 0 Å². The Morgan fingerprint density at radius 1 is 0.906 bits per heavy atom. The van der Waals surface area contributed by atoms with Gasteiger partial charge in [0.05, 0.1) is 5.56 Å². The average Bonchev–Trinajstić information content (AvgIpc) is 2.77. The summed E-state index contributed by atoms with van der Waals surface area (Å²) < 4.78 is 75.3. The minimum absolute atomic E-state index is 0.0498. The second-order valence-corrected chi connectivity index (χ2v) is 7.61. The molecule has 0 radical (unpaired) electrons. The summed E-state index contributed by atoms with van der Waals surface area (Å²) in [7, 11) is 0. The highest BCUT2D eigenvalue weighted by Gasteiger charge is 2.37. The number of nitrogens with two attached hydrogens (primary N) is 1. The van der Waals surface area contributed by atoms with Crippen molar-refractivity contribution < 1.29 is 36.6 Å². The van der Waals surface area contributed by atoms with Crippen LogP contribution in [0.4, 0.5) is 22.0 Å². The van der Waals surface area contributed by atoms with E-state index in [1.54, 1.807) is 18.2 Å². The fourth-order valence-electron chi connectivity index (χ4n) is 3.77. The first-order valence-electron chi connectivity index (χ1n) is 9.55. The molecule has 1 aliphatic carbocycles. The van der Waals surface area contributed by atoms with Crippen molar-refractivity contribution in [3.05, 3.63) is 82.7 Å². The Bertz CT molecular complexity index is 1220. The number of aryl methyl sites for hydroxylation is 1. The molecule has 0 saturated heterocycles. The van der Waals surface area contributed by atoms with E-state index in [2.05, 4.69) is 0 Å². The van der Waals surface area contributed by atoms with Crippen LogP contribution < -0.4 is 10.5 Å². The molecule has 3 aromatic carbocycles. The maximum Gasteiger partial charge on any atom is 0.324 e. The van der Waals surface area contributed by atoms with E-state index in [0.29, 0.717) is 12.0 Å². The van der Waals surface area contributed by atoms with Gasteiger partial charge in [-0.2, -0.15) is 0 Å². The lowest BCUT2D eigenvalue weighted by molar-refractivity contribution is -0.143. The van der Waals surface area contributed by atoms with Gasteiger partial charge in [0.2, 0.25) is 5.82 Å². The number of carbonyl (C=O) groups is 1. The number of ether oxygens (including phenoxy) is 1. The van der Waals surface area contributed by atoms with Crippen molar-refractivity contribution in [1.29, 1.82) is 0 Å². The minimum atomic E-state index is -2.25. The van der Waals surface area contributed by atoms with Crippen molar-refractivity contribution >= 4 is 5.97 Å². The topological polar surface area (TPSA) is 72.6 Å². The van der Waals surface area contributed by atoms with E-state index < -0.39 is 46.2 Å². The summed E-state index contributed by atoms with van der Waals surface area (Å²) in [6.07, 6.45) is 0.756. The molecule has 3 aromatic rings. The van der Waals surface area contributed by atoms with E-state index in [-0.39, 0.29) is 29.9 Å². The van der Waals surface area contributed by atoms with Crippen LogP contribution in [0.25, 0.3) is 11.1 Å². The summed E-state index contributed by atoms with van der Waals surface area (Å²) in [5.41, 5.74) is 4.60. The first kappa shape index (κ1) is 21.8. The number of halogens is 5. The number of hydrogen-bond acceptors (Lipinski definition) is 3. The number of fused-ring (bicyclic) bond motifs is 1. The van der Waals surface area contributed by atoms with Gasteiger partial charge in [0.1, 0.15) is 17.0 Å². The average molecular weight is 449 g/mol. The van der Waals surface area contributed by atoms with Crippen molar-refractivity contribution in [3.63, 3.8) is 0 Å². The summed E-state index contributed by atoms with van der Waals surface area (Å²) in [5.74, 6) is -11.4. The van der Waals surface area contributed by atoms with E-state index >= 15 is 0 Å². The third-order valence-corrected chi connectivity index (χ3v) is 5.54. The van der Waals surface area contributed by atoms with Crippen molar-refractivity contribution in [1.82, 2.24) is 0 Å². The second kappa shape index (κ2) is 7.90. The second-order valence-electron chi connectivity index (χ2n) is 7.61. The van der Waals surface area contributed by atoms with E-state index in [0.717, 1.165) is 5.56 Å². The summed E-state index contributed by atoms with van der Waals surface area (Å²) in [6.45, 7) is 0. The smallest absolute Gasteiger partial charge is 0.324 e. The van der Waals surface area contributed by atoms with Crippen LogP contribution in [0.15, 0.2) is 42.5 Å². The SMILES string of the molecule is NC1(C(=O)O)CCc2ccc(Oc3ccccc3-c3c(F)c(F)c(F)c(F)c3F)cc2C1. The highest BCUT2D eigenvalue weighted by molar-refractivity contribution is 5.79. The Balaban J connectivity index is 1.75. The summed E-state index contributed by atoms with van der Waals surface area (Å²) in [6, 6.07) is 10.2. The normalized spacial score (nSPS) is 17.7. The van der Waals surface area contributed by atoms with Gasteiger partial charge in [-0.25, -0.2) is 22.0 Å². The Labute approximate surface area is 179 Å². The summed E-state index contributed by atoms with van der Waals surface area (Å²) in [4.78, 5) is 11.5. The fourth-order valence-corrected chi connectivity index (χ4v) is 3.77. The highest BCUT2D eigenvalue weighted by Crippen LogP contribution is 2.39. The van der Waals surface area contributed by atoms with Crippen LogP contribution in [0.5, 0.6) is 11.5 Å². The van der Waals surface area contributed by atoms with Gasteiger partial charge in [-0.05, 0) is 42.2 Å². The van der Waals surface area contributed by atoms with Gasteiger partial charge >= 0.3 is 5.97 Å². The Morgan fingerprint density at radius 3 is 2.19 bits per heavy atom. The highest BCUT2D eigenvalue weighted by atomic mass is 19.2. The van der Waals surface area contributed by atoms with Gasteiger partial charge in [-0.3, -0.25) is 4.79 Å². The van der Waals surface area contributed by atoms with Gasteiger partial charge in [0, 0.05) is 12.0 Å². The van der Waals surface area contributed by atoms with Crippen LogP contribution in [0.1, 0.15) is 17.5 Å². The molecular weight excluding hydrogens is 433 g/mol. The molecule has 0 amide bonds. The Kier molecular flexibility index (Phi) is 5.37. The van der Waals surface area contributed by atoms with Crippen molar-refractivity contribution in [2.45, 2.75) is 24.8 Å². The third-order valence-electron chi connectivity index (χ3n) is 5.54. The zero-order valence-corrected chi connectivity index (χ0v) is 16.4. The first-order chi connectivity index (χ1) is 15.1. The molecule has 0 heterocycles. The number of para-hydroxylation sites is 1. The van der Waals surface area contributed by atoms with E-state index in [9.17, 15) is 31.9 Å². The number of carboxylic acid groups (broad SMARTS) is 1. The van der Waals surface area contributed by atoms with E-state index in [4.69, 9.17) is 10.5 Å². The van der Waals surface area contributed by atoms with Crippen LogP contribution in [0.2, 0.25) is 0 Å². The minimum Gasteiger partial charge on any atom is -0.480 e. The lowest BCUT2D eigenvalue weighted by Gasteiger charge is -2.31. The van der Waals surface area contributed by atoms with E-state index in [1.807, 2.05) is 0 Å². The molecule has 1 atom stereocenters. The molecule has 0 spiro atoms. The van der Waals surface area contributed by atoms with Crippen LogP contribution in [-0.2, 0) is 17.6 Å². The lowest BCUT2D eigenvalue weighted by Crippen LogP contribution is -2.52. The molecule has 166 valence electrons. The maximum absolute atomic E-state index is 14.3. The first-order valence-corrected chi connectivity index (χ1v) is 9.55. The molecule has 3 N–H and O–H groups in total. The van der Waals surface area contributed by atoms with Gasteiger partial charge in [-0.1, -0.05) is 24.3 Å². The zero-order chi connectivity index (χ0) is 23.2. The van der Waals surface area contributed by atoms with Crippen molar-refractivity contribution in [2.24, 2.45) is 5.73 Å². The zero-order valence-electron chi connectivity index (χ0n) is 16.4. The number of aliphatic carboxylic acids is 1. The predicted octanol–water partition coefficient (Wildman–Crippen LogP) is 5.11. The lowest BCUT2D eigenvalue weighted by atomic mass is 9.78. The number of hydrogen-bond donors (Lipinski definition) is 2. The Morgan fingerprint density at radius 2 is 1.53 bits per heavy atom. The summed E-state index contributed by atoms with van der Waals surface area (Å²) >= 11 is 0. The van der Waals surface area contributed by atoms with Crippen molar-refractivity contribution in [3.8, 4) is 22.6 Å². The molecule has 0 bridgehead atoms. The molecule has 0 fully saturated rings. The standard InChI is InChI=1S/C23H16F5NO3/c24-17-16(18(25)20(27)21(28)19(17)26)14-3-1-2-4-15(14)32-13-6-5-11-7-8-23(29,22(30)31)10-12(11)9-13/h1-6,9H,7-8,10,29H2,(H,30,31). The van der Waals surface area contributed by atoms with Crippen LogP contribution >= 0.6 is 0 Å². The quantitative estimate of drug-likeness (QED) is 0.330. The largest absolute Gasteiger partial charge is 0.480 e. The molecule has 1 unspecified atom stereocenters. The maximum atomic E-state index is 14.3. The van der Waals surface area contributed by atoms with Gasteiger partial charge in [-0.15, -0.1) is 0 Å². The molecule has 0 aliphatic heterocycles. The van der Waals surface area contributed by atoms with Crippen LogP contribution in [0, 0.1) is 29.1 Å². The summed E-state index contributed by atoms with van der Waals surface area (Å²) in [5, 5.41) is 9.39. The molecule has 9 heteroatoms. The van der Waals surface area contributed by atoms with Crippen LogP contribution in [0.3, 0.4) is 0 Å². The van der Waals surface area contributed by atoms with Gasteiger partial charge in [0.15, 0.2) is 23.3 Å². The molecule has 32 heavy (non-hydrogen) atoms. The van der Waals surface area contributed by atoms with E-state index in [1.165, 1.54) is 24.3 Å². The molecule has 0 aromatic heterocycles. The molecule has 1 aliphatic rings. The van der Waals surface area contributed by atoms with Crippen LogP contribution in [-0.4, -0.2) is 16.6 Å². The fraction of sp³-hybridized carbons (Fsp3) is 0.174. The number of rotatable bonds is 4. The molecule has 4 rings (SSSR count).